The molecule has 2 atom stereocenters. The minimum atomic E-state index is -1.08. The Labute approximate surface area is 114 Å². The second-order valence-corrected chi connectivity index (χ2v) is 12.3. The van der Waals surface area contributed by atoms with Gasteiger partial charge in [0.15, 0.2) is 0 Å². The summed E-state index contributed by atoms with van der Waals surface area (Å²) in [7, 11) is -1.08. The van der Waals surface area contributed by atoms with Crippen LogP contribution in [0.2, 0.25) is 24.2 Å². The normalized spacial score (nSPS) is 27.7. The van der Waals surface area contributed by atoms with Crippen molar-refractivity contribution in [1.29, 1.82) is 0 Å². The number of hydrogen-bond donors (Lipinski definition) is 2. The Morgan fingerprint density at radius 3 is 1.83 bits per heavy atom. The zero-order valence-corrected chi connectivity index (χ0v) is 13.7. The first-order chi connectivity index (χ1) is 8.50. The summed E-state index contributed by atoms with van der Waals surface area (Å²) in [5.74, 6) is 1.40. The van der Waals surface area contributed by atoms with Crippen LogP contribution in [0, 0.1) is 17.3 Å². The molecule has 0 amide bonds. The van der Waals surface area contributed by atoms with E-state index in [1.165, 1.54) is 24.2 Å². The molecule has 0 spiro atoms. The van der Waals surface area contributed by atoms with Crippen LogP contribution in [0.5, 0.6) is 0 Å². The van der Waals surface area contributed by atoms with Gasteiger partial charge in [0.2, 0.25) is 0 Å². The van der Waals surface area contributed by atoms with Crippen LogP contribution in [-0.4, -0.2) is 31.5 Å². The molecule has 0 radical (unpaired) electrons. The van der Waals surface area contributed by atoms with Crippen LogP contribution in [-0.2, 0) is 0 Å². The summed E-state index contributed by atoms with van der Waals surface area (Å²) in [5, 5.41) is 19.1. The summed E-state index contributed by atoms with van der Waals surface area (Å²) in [4.78, 5) is 0. The van der Waals surface area contributed by atoms with E-state index in [0.717, 1.165) is 18.8 Å². The maximum atomic E-state index is 9.57. The Morgan fingerprint density at radius 2 is 1.50 bits per heavy atom. The van der Waals surface area contributed by atoms with Crippen molar-refractivity contribution in [2.24, 2.45) is 17.3 Å². The van der Waals surface area contributed by atoms with Gasteiger partial charge in [0.25, 0.3) is 0 Å². The zero-order chi connectivity index (χ0) is 13.8. The summed E-state index contributed by atoms with van der Waals surface area (Å²) in [6.07, 6.45) is 2.04. The fourth-order valence-electron chi connectivity index (χ4n) is 4.01. The molecule has 1 aliphatic rings. The standard InChI is InChI=1S/C15H32O2Si/c1-5-18(6-2,7-3)10-14-9-15(11-16,12-17)8-13(14)4/h13-14,16-17H,5-12H2,1-4H3/t13-,14+/m0/s1. The molecule has 1 fully saturated rings. The quantitative estimate of drug-likeness (QED) is 0.696. The largest absolute Gasteiger partial charge is 0.396 e. The molecular weight excluding hydrogens is 240 g/mol. The summed E-state index contributed by atoms with van der Waals surface area (Å²) < 4.78 is 0. The van der Waals surface area contributed by atoms with Gasteiger partial charge in [0.1, 0.15) is 0 Å². The Kier molecular flexibility index (Phi) is 5.88. The van der Waals surface area contributed by atoms with Crippen molar-refractivity contribution < 1.29 is 10.2 Å². The number of rotatable bonds is 7. The van der Waals surface area contributed by atoms with Crippen molar-refractivity contribution in [3.05, 3.63) is 0 Å². The SMILES string of the molecule is CC[Si](CC)(CC)C[C@H]1CC(CO)(CO)C[C@@H]1C. The second-order valence-electron chi connectivity index (χ2n) is 6.73. The fourth-order valence-corrected chi connectivity index (χ4v) is 8.04. The van der Waals surface area contributed by atoms with E-state index in [0.29, 0.717) is 5.92 Å². The smallest absolute Gasteiger partial charge is 0.0530 e. The van der Waals surface area contributed by atoms with E-state index < -0.39 is 8.07 Å². The minimum Gasteiger partial charge on any atom is -0.396 e. The molecule has 2 N–H and O–H groups in total. The van der Waals surface area contributed by atoms with E-state index in [1.807, 2.05) is 0 Å². The van der Waals surface area contributed by atoms with E-state index in [2.05, 4.69) is 27.7 Å². The molecule has 1 aliphatic carbocycles. The number of aliphatic hydroxyl groups excluding tert-OH is 2. The monoisotopic (exact) mass is 272 g/mol. The predicted molar refractivity (Wildman–Crippen MR) is 80.5 cm³/mol. The lowest BCUT2D eigenvalue weighted by Gasteiger charge is -2.33. The van der Waals surface area contributed by atoms with Crippen LogP contribution in [0.15, 0.2) is 0 Å². The molecule has 0 aromatic heterocycles. The molecule has 0 bridgehead atoms. The molecule has 0 aromatic carbocycles. The molecule has 18 heavy (non-hydrogen) atoms. The maximum absolute atomic E-state index is 9.57. The maximum Gasteiger partial charge on any atom is 0.0530 e. The van der Waals surface area contributed by atoms with Gasteiger partial charge in [-0.1, -0.05) is 51.9 Å². The van der Waals surface area contributed by atoms with Crippen LogP contribution in [0.25, 0.3) is 0 Å². The highest BCUT2D eigenvalue weighted by molar-refractivity contribution is 6.79. The third-order valence-corrected chi connectivity index (χ3v) is 11.8. The van der Waals surface area contributed by atoms with E-state index in [-0.39, 0.29) is 18.6 Å². The van der Waals surface area contributed by atoms with Gasteiger partial charge in [-0.25, -0.2) is 0 Å². The Hall–Kier alpha value is 0.137. The molecule has 0 aromatic rings. The molecular formula is C15H32O2Si. The second kappa shape index (κ2) is 6.53. The predicted octanol–water partition coefficient (Wildman–Crippen LogP) is 3.51. The summed E-state index contributed by atoms with van der Waals surface area (Å²) >= 11 is 0. The lowest BCUT2D eigenvalue weighted by Crippen LogP contribution is -2.35. The Morgan fingerprint density at radius 1 is 1.00 bits per heavy atom. The Balaban J connectivity index is 2.74. The minimum absolute atomic E-state index is 0.156. The van der Waals surface area contributed by atoms with Crippen LogP contribution in [0.4, 0.5) is 0 Å². The Bertz CT molecular complexity index is 239. The molecule has 3 heteroatoms. The molecule has 108 valence electrons. The van der Waals surface area contributed by atoms with Gasteiger partial charge in [-0.2, -0.15) is 0 Å². The van der Waals surface area contributed by atoms with Crippen molar-refractivity contribution in [1.82, 2.24) is 0 Å². The van der Waals surface area contributed by atoms with Crippen molar-refractivity contribution in [2.75, 3.05) is 13.2 Å². The highest BCUT2D eigenvalue weighted by Crippen LogP contribution is 2.49. The topological polar surface area (TPSA) is 40.5 Å². The van der Waals surface area contributed by atoms with Crippen molar-refractivity contribution >= 4 is 8.07 Å². The molecule has 1 rings (SSSR count). The van der Waals surface area contributed by atoms with Crippen molar-refractivity contribution in [3.8, 4) is 0 Å². The molecule has 2 nitrogen and oxygen atoms in total. The highest BCUT2D eigenvalue weighted by Gasteiger charge is 2.45. The number of hydrogen-bond acceptors (Lipinski definition) is 2. The van der Waals surface area contributed by atoms with Gasteiger partial charge in [-0.15, -0.1) is 0 Å². The third kappa shape index (κ3) is 3.17. The van der Waals surface area contributed by atoms with E-state index in [4.69, 9.17) is 0 Å². The lowest BCUT2D eigenvalue weighted by atomic mass is 9.87. The fraction of sp³-hybridized carbons (Fsp3) is 1.00. The van der Waals surface area contributed by atoms with Gasteiger partial charge >= 0.3 is 0 Å². The van der Waals surface area contributed by atoms with Gasteiger partial charge in [0, 0.05) is 5.41 Å². The lowest BCUT2D eigenvalue weighted by molar-refractivity contribution is 0.0557. The van der Waals surface area contributed by atoms with E-state index >= 15 is 0 Å². The molecule has 0 aliphatic heterocycles. The van der Waals surface area contributed by atoms with Crippen LogP contribution in [0.3, 0.4) is 0 Å². The molecule has 0 saturated heterocycles. The van der Waals surface area contributed by atoms with Gasteiger partial charge in [-0.3, -0.25) is 0 Å². The average molecular weight is 273 g/mol. The first kappa shape index (κ1) is 16.2. The highest BCUT2D eigenvalue weighted by atomic mass is 28.3. The van der Waals surface area contributed by atoms with Crippen LogP contribution in [0.1, 0.15) is 40.5 Å². The molecule has 0 heterocycles. The summed E-state index contributed by atoms with van der Waals surface area (Å²) in [6, 6.07) is 5.55. The zero-order valence-electron chi connectivity index (χ0n) is 12.7. The van der Waals surface area contributed by atoms with E-state index in [9.17, 15) is 10.2 Å². The third-order valence-electron chi connectivity index (χ3n) is 5.87. The van der Waals surface area contributed by atoms with Gasteiger partial charge in [0.05, 0.1) is 21.3 Å². The van der Waals surface area contributed by atoms with Gasteiger partial charge in [-0.05, 0) is 24.7 Å². The van der Waals surface area contributed by atoms with Crippen LogP contribution < -0.4 is 0 Å². The van der Waals surface area contributed by atoms with Crippen LogP contribution >= 0.6 is 0 Å². The number of aliphatic hydroxyl groups is 2. The molecule has 1 saturated carbocycles. The van der Waals surface area contributed by atoms with E-state index in [1.54, 1.807) is 0 Å². The average Bonchev–Trinajstić information content (AvgIpc) is 2.73. The van der Waals surface area contributed by atoms with Crippen molar-refractivity contribution in [3.63, 3.8) is 0 Å². The first-order valence-electron chi connectivity index (χ1n) is 7.72. The van der Waals surface area contributed by atoms with Gasteiger partial charge < -0.3 is 10.2 Å². The summed E-state index contributed by atoms with van der Waals surface area (Å²) in [5.41, 5.74) is -0.181. The van der Waals surface area contributed by atoms with Crippen molar-refractivity contribution in [2.45, 2.75) is 64.7 Å². The molecule has 0 unspecified atom stereocenters. The summed E-state index contributed by atoms with van der Waals surface area (Å²) in [6.45, 7) is 9.73. The first-order valence-corrected chi connectivity index (χ1v) is 10.5.